The van der Waals surface area contributed by atoms with Gasteiger partial charge >= 0.3 is 6.09 Å². The van der Waals surface area contributed by atoms with Crippen LogP contribution in [0.5, 0.6) is 0 Å². The molecule has 5 heteroatoms. The topological polar surface area (TPSA) is 29.5 Å². The SMILES string of the molecule is CSc1ccc(N2CC(CCl)OC2=O)cc1. The number of thioether (sulfide) groups is 1. The van der Waals surface area contributed by atoms with Crippen LogP contribution in [0.15, 0.2) is 29.2 Å². The molecule has 0 spiro atoms. The highest BCUT2D eigenvalue weighted by atomic mass is 35.5. The Kier molecular flexibility index (Phi) is 3.61. The number of hydrogen-bond acceptors (Lipinski definition) is 3. The van der Waals surface area contributed by atoms with E-state index in [2.05, 4.69) is 0 Å². The summed E-state index contributed by atoms with van der Waals surface area (Å²) in [6, 6.07) is 7.82. The number of carbonyl (C=O) groups excluding carboxylic acids is 1. The summed E-state index contributed by atoms with van der Waals surface area (Å²) in [5.74, 6) is 0.338. The molecule has 0 radical (unpaired) electrons. The Morgan fingerprint density at radius 1 is 1.50 bits per heavy atom. The van der Waals surface area contributed by atoms with Crippen molar-refractivity contribution >= 4 is 35.1 Å². The predicted octanol–water partition coefficient (Wildman–Crippen LogP) is 2.97. The highest BCUT2D eigenvalue weighted by Crippen LogP contribution is 2.24. The molecule has 1 fully saturated rings. The number of alkyl halides is 1. The normalized spacial score (nSPS) is 20.0. The first kappa shape index (κ1) is 11.6. The number of carbonyl (C=O) groups is 1. The highest BCUT2D eigenvalue weighted by Gasteiger charge is 2.31. The fourth-order valence-electron chi connectivity index (χ4n) is 1.57. The largest absolute Gasteiger partial charge is 0.443 e. The van der Waals surface area contributed by atoms with Crippen molar-refractivity contribution < 1.29 is 9.53 Å². The van der Waals surface area contributed by atoms with Gasteiger partial charge in [-0.25, -0.2) is 4.79 Å². The van der Waals surface area contributed by atoms with E-state index in [0.717, 1.165) is 5.69 Å². The van der Waals surface area contributed by atoms with E-state index in [0.29, 0.717) is 12.4 Å². The third-order valence-corrected chi connectivity index (χ3v) is 3.52. The van der Waals surface area contributed by atoms with Crippen molar-refractivity contribution in [3.63, 3.8) is 0 Å². The lowest BCUT2D eigenvalue weighted by Gasteiger charge is -2.12. The van der Waals surface area contributed by atoms with Crippen molar-refractivity contribution in [3.05, 3.63) is 24.3 Å². The van der Waals surface area contributed by atoms with Crippen LogP contribution >= 0.6 is 23.4 Å². The summed E-state index contributed by atoms with van der Waals surface area (Å²) in [5, 5.41) is 0. The average Bonchev–Trinajstić information content (AvgIpc) is 2.71. The second-order valence-electron chi connectivity index (χ2n) is 3.47. The van der Waals surface area contributed by atoms with E-state index in [4.69, 9.17) is 16.3 Å². The predicted molar refractivity (Wildman–Crippen MR) is 66.6 cm³/mol. The van der Waals surface area contributed by atoms with E-state index in [1.165, 1.54) is 4.90 Å². The lowest BCUT2D eigenvalue weighted by molar-refractivity contribution is 0.151. The minimum Gasteiger partial charge on any atom is -0.443 e. The zero-order valence-corrected chi connectivity index (χ0v) is 10.4. The molecule has 1 aliphatic heterocycles. The van der Waals surface area contributed by atoms with Crippen LogP contribution < -0.4 is 4.90 Å². The number of amides is 1. The smallest absolute Gasteiger partial charge is 0.414 e. The van der Waals surface area contributed by atoms with Crippen LogP contribution in [0.2, 0.25) is 0 Å². The molecule has 0 bridgehead atoms. The second-order valence-corrected chi connectivity index (χ2v) is 4.66. The lowest BCUT2D eigenvalue weighted by Crippen LogP contribution is -2.24. The molecule has 16 heavy (non-hydrogen) atoms. The summed E-state index contributed by atoms with van der Waals surface area (Å²) in [4.78, 5) is 14.3. The van der Waals surface area contributed by atoms with Crippen LogP contribution in [-0.2, 0) is 4.74 Å². The fourth-order valence-corrected chi connectivity index (χ4v) is 2.14. The number of ether oxygens (including phenoxy) is 1. The van der Waals surface area contributed by atoms with Crippen molar-refractivity contribution in [1.82, 2.24) is 0 Å². The molecular weight excluding hydrogens is 246 g/mol. The Morgan fingerprint density at radius 3 is 2.69 bits per heavy atom. The van der Waals surface area contributed by atoms with Gasteiger partial charge in [0.2, 0.25) is 0 Å². The van der Waals surface area contributed by atoms with Gasteiger partial charge in [-0.15, -0.1) is 23.4 Å². The molecule has 0 aliphatic carbocycles. The van der Waals surface area contributed by atoms with Crippen LogP contribution in [-0.4, -0.2) is 30.9 Å². The van der Waals surface area contributed by atoms with Crippen molar-refractivity contribution in [2.24, 2.45) is 0 Å². The van der Waals surface area contributed by atoms with E-state index in [1.54, 1.807) is 16.7 Å². The summed E-state index contributed by atoms with van der Waals surface area (Å²) in [6.45, 7) is 0.529. The van der Waals surface area contributed by atoms with Crippen molar-refractivity contribution in [1.29, 1.82) is 0 Å². The Labute approximate surface area is 104 Å². The van der Waals surface area contributed by atoms with Crippen LogP contribution in [0.4, 0.5) is 10.5 Å². The molecule has 1 saturated heterocycles. The van der Waals surface area contributed by atoms with Gasteiger partial charge in [0.05, 0.1) is 12.4 Å². The van der Waals surface area contributed by atoms with Crippen molar-refractivity contribution in [3.8, 4) is 0 Å². The van der Waals surface area contributed by atoms with E-state index in [-0.39, 0.29) is 12.2 Å². The molecule has 0 saturated carbocycles. The van der Waals surface area contributed by atoms with Crippen LogP contribution in [0, 0.1) is 0 Å². The molecule has 1 aromatic carbocycles. The summed E-state index contributed by atoms with van der Waals surface area (Å²) >= 11 is 7.34. The zero-order valence-electron chi connectivity index (χ0n) is 8.85. The van der Waals surface area contributed by atoms with Crippen LogP contribution in [0.1, 0.15) is 0 Å². The summed E-state index contributed by atoms with van der Waals surface area (Å²) in [7, 11) is 0. The number of hydrogen-bond donors (Lipinski definition) is 0. The van der Waals surface area contributed by atoms with Gasteiger partial charge in [0.1, 0.15) is 6.10 Å². The third-order valence-electron chi connectivity index (χ3n) is 2.43. The molecule has 1 heterocycles. The third kappa shape index (κ3) is 2.28. The minimum atomic E-state index is -0.317. The van der Waals surface area contributed by atoms with Crippen molar-refractivity contribution in [2.45, 2.75) is 11.0 Å². The first-order valence-corrected chi connectivity index (χ1v) is 6.68. The van der Waals surface area contributed by atoms with Crippen LogP contribution in [0.25, 0.3) is 0 Å². The minimum absolute atomic E-state index is 0.200. The summed E-state index contributed by atoms with van der Waals surface area (Å²) < 4.78 is 5.08. The second kappa shape index (κ2) is 4.97. The van der Waals surface area contributed by atoms with Crippen LogP contribution in [0.3, 0.4) is 0 Å². The Hall–Kier alpha value is -0.870. The van der Waals surface area contributed by atoms with Gasteiger partial charge < -0.3 is 4.74 Å². The quantitative estimate of drug-likeness (QED) is 0.616. The maximum atomic E-state index is 11.5. The number of benzene rings is 1. The molecule has 86 valence electrons. The Bertz CT molecular complexity index is 382. The Balaban J connectivity index is 2.15. The monoisotopic (exact) mass is 257 g/mol. The maximum absolute atomic E-state index is 11.5. The number of cyclic esters (lactones) is 1. The average molecular weight is 258 g/mol. The molecular formula is C11H12ClNO2S. The summed E-state index contributed by atoms with van der Waals surface area (Å²) in [6.07, 6.45) is 1.50. The molecule has 1 unspecified atom stereocenters. The molecule has 0 aromatic heterocycles. The maximum Gasteiger partial charge on any atom is 0.414 e. The molecule has 1 aromatic rings. The van der Waals surface area contributed by atoms with Gasteiger partial charge in [0, 0.05) is 10.6 Å². The molecule has 1 amide bonds. The van der Waals surface area contributed by atoms with Crippen molar-refractivity contribution in [2.75, 3.05) is 23.6 Å². The first-order valence-electron chi connectivity index (χ1n) is 4.92. The number of anilines is 1. The summed E-state index contributed by atoms with van der Waals surface area (Å²) in [5.41, 5.74) is 0.857. The van der Waals surface area contributed by atoms with Gasteiger partial charge in [-0.1, -0.05) is 0 Å². The fraction of sp³-hybridized carbons (Fsp3) is 0.364. The lowest BCUT2D eigenvalue weighted by atomic mass is 10.3. The van der Waals surface area contributed by atoms with E-state index in [9.17, 15) is 4.79 Å². The van der Waals surface area contributed by atoms with E-state index in [1.807, 2.05) is 30.5 Å². The van der Waals surface area contributed by atoms with Gasteiger partial charge in [0.25, 0.3) is 0 Å². The van der Waals surface area contributed by atoms with Gasteiger partial charge in [0.15, 0.2) is 0 Å². The molecule has 1 aliphatic rings. The van der Waals surface area contributed by atoms with E-state index >= 15 is 0 Å². The zero-order chi connectivity index (χ0) is 11.5. The highest BCUT2D eigenvalue weighted by molar-refractivity contribution is 7.98. The standard InChI is InChI=1S/C11H12ClNO2S/c1-16-10-4-2-8(3-5-10)13-7-9(6-12)15-11(13)14/h2-5,9H,6-7H2,1H3. The number of rotatable bonds is 3. The van der Waals surface area contributed by atoms with Gasteiger partial charge in [-0.2, -0.15) is 0 Å². The molecule has 2 rings (SSSR count). The van der Waals surface area contributed by atoms with E-state index < -0.39 is 0 Å². The molecule has 1 atom stereocenters. The number of halogens is 1. The molecule has 3 nitrogen and oxygen atoms in total. The Morgan fingerprint density at radius 2 is 2.19 bits per heavy atom. The number of nitrogens with zero attached hydrogens (tertiary/aromatic N) is 1. The van der Waals surface area contributed by atoms with Gasteiger partial charge in [-0.05, 0) is 30.5 Å². The first-order chi connectivity index (χ1) is 7.74. The molecule has 0 N–H and O–H groups in total. The van der Waals surface area contributed by atoms with Gasteiger partial charge in [-0.3, -0.25) is 4.90 Å².